The van der Waals surface area contributed by atoms with Crippen LogP contribution >= 0.6 is 0 Å². The van der Waals surface area contributed by atoms with Crippen LogP contribution in [0, 0.1) is 0 Å². The van der Waals surface area contributed by atoms with Crippen molar-refractivity contribution < 1.29 is 27.8 Å². The molecule has 0 aliphatic carbocycles. The summed E-state index contributed by atoms with van der Waals surface area (Å²) in [4.78, 5) is 10.7. The summed E-state index contributed by atoms with van der Waals surface area (Å²) in [5, 5.41) is 8.75. The number of carboxylic acid groups (broad SMARTS) is 1. The van der Waals surface area contributed by atoms with Gasteiger partial charge in [0.2, 0.25) is 10.0 Å². The number of hydrogen-bond donors (Lipinski definition) is 2. The normalized spacial score (nSPS) is 23.9. The van der Waals surface area contributed by atoms with Crippen molar-refractivity contribution in [3.05, 3.63) is 0 Å². The van der Waals surface area contributed by atoms with Crippen molar-refractivity contribution in [3.63, 3.8) is 0 Å². The van der Waals surface area contributed by atoms with Gasteiger partial charge >= 0.3 is 5.97 Å². The summed E-state index contributed by atoms with van der Waals surface area (Å²) in [5.74, 6) is -1.11. The molecule has 0 radical (unpaired) electrons. The smallest absolute Gasteiger partial charge is 0.332 e. The highest BCUT2D eigenvalue weighted by atomic mass is 32.2. The summed E-state index contributed by atoms with van der Waals surface area (Å²) in [5.41, 5.74) is 0. The largest absolute Gasteiger partial charge is 0.479 e. The molecule has 1 saturated heterocycles. The number of ether oxygens (including phenoxy) is 2. The molecule has 7 nitrogen and oxygen atoms in total. The average Bonchev–Trinajstić information content (AvgIpc) is 2.74. The van der Waals surface area contributed by atoms with Gasteiger partial charge in [-0.2, -0.15) is 0 Å². The molecule has 19 heavy (non-hydrogen) atoms. The Kier molecular flexibility index (Phi) is 6.18. The lowest BCUT2D eigenvalue weighted by Crippen LogP contribution is -2.35. The van der Waals surface area contributed by atoms with Crippen LogP contribution in [-0.4, -0.2) is 56.7 Å². The van der Waals surface area contributed by atoms with Crippen molar-refractivity contribution >= 4 is 16.0 Å². The lowest BCUT2D eigenvalue weighted by atomic mass is 10.2. The third kappa shape index (κ3) is 6.33. The maximum atomic E-state index is 11.6. The molecule has 2 unspecified atom stereocenters. The molecule has 0 aromatic heterocycles. The number of hydrogen-bond acceptors (Lipinski definition) is 5. The second-order valence-corrected chi connectivity index (χ2v) is 6.68. The molecule has 0 amide bonds. The van der Waals surface area contributed by atoms with E-state index in [2.05, 4.69) is 4.72 Å². The predicted octanol–water partition coefficient (Wildman–Crippen LogP) is -0.0370. The zero-order chi connectivity index (χ0) is 14.5. The molecule has 0 bridgehead atoms. The molecule has 8 heteroatoms. The fraction of sp³-hybridized carbons (Fsp3) is 0.909. The minimum atomic E-state index is -3.40. The first-order chi connectivity index (χ1) is 8.80. The summed E-state index contributed by atoms with van der Waals surface area (Å²) >= 11 is 0. The molecule has 1 heterocycles. The Morgan fingerprint density at radius 1 is 1.47 bits per heavy atom. The molecule has 0 aromatic rings. The van der Waals surface area contributed by atoms with Gasteiger partial charge < -0.3 is 14.6 Å². The van der Waals surface area contributed by atoms with Crippen LogP contribution in [0.5, 0.6) is 0 Å². The Balaban J connectivity index is 2.26. The molecule has 0 aromatic carbocycles. The van der Waals surface area contributed by atoms with Gasteiger partial charge in [0, 0.05) is 6.54 Å². The van der Waals surface area contributed by atoms with Gasteiger partial charge in [0.15, 0.2) is 6.10 Å². The number of carboxylic acids is 1. The topological polar surface area (TPSA) is 102 Å². The fourth-order valence-electron chi connectivity index (χ4n) is 1.72. The van der Waals surface area contributed by atoms with Crippen molar-refractivity contribution in [3.8, 4) is 0 Å². The predicted molar refractivity (Wildman–Crippen MR) is 68.4 cm³/mol. The van der Waals surface area contributed by atoms with Gasteiger partial charge in [-0.15, -0.1) is 0 Å². The Labute approximate surface area is 113 Å². The van der Waals surface area contributed by atoms with Crippen LogP contribution < -0.4 is 4.72 Å². The van der Waals surface area contributed by atoms with Crippen molar-refractivity contribution in [2.45, 2.75) is 45.0 Å². The Hall–Kier alpha value is -0.700. The molecule has 2 atom stereocenters. The molecule has 0 saturated carbocycles. The van der Waals surface area contributed by atoms with Gasteiger partial charge in [-0.3, -0.25) is 0 Å². The number of sulfonamides is 1. The van der Waals surface area contributed by atoms with Crippen LogP contribution in [0.25, 0.3) is 0 Å². The van der Waals surface area contributed by atoms with Crippen LogP contribution in [0.2, 0.25) is 0 Å². The standard InChI is InChI=1S/C11H21NO6S/c1-8(2)17-5-6-19(15,16)12-7-9-3-4-10(18-9)11(13)14/h8-10,12H,3-7H2,1-2H3,(H,13,14). The van der Waals surface area contributed by atoms with Crippen LogP contribution in [0.4, 0.5) is 0 Å². The van der Waals surface area contributed by atoms with Gasteiger partial charge in [-0.05, 0) is 26.7 Å². The third-order valence-electron chi connectivity index (χ3n) is 2.72. The van der Waals surface area contributed by atoms with Gasteiger partial charge in [-0.1, -0.05) is 0 Å². The van der Waals surface area contributed by atoms with E-state index in [1.807, 2.05) is 13.8 Å². The summed E-state index contributed by atoms with van der Waals surface area (Å²) < 4.78 is 36.0. The number of carbonyl (C=O) groups is 1. The quantitative estimate of drug-likeness (QED) is 0.651. The molecule has 1 aliphatic heterocycles. The van der Waals surface area contributed by atoms with E-state index in [9.17, 15) is 13.2 Å². The van der Waals surface area contributed by atoms with E-state index in [4.69, 9.17) is 14.6 Å². The molecule has 0 spiro atoms. The monoisotopic (exact) mass is 295 g/mol. The van der Waals surface area contributed by atoms with Crippen molar-refractivity contribution in [1.29, 1.82) is 0 Å². The fourth-order valence-corrected chi connectivity index (χ4v) is 2.62. The zero-order valence-electron chi connectivity index (χ0n) is 11.2. The maximum absolute atomic E-state index is 11.6. The van der Waals surface area contributed by atoms with E-state index in [0.29, 0.717) is 12.8 Å². The second kappa shape index (κ2) is 7.18. The number of rotatable bonds is 8. The molecular weight excluding hydrogens is 274 g/mol. The number of nitrogens with one attached hydrogen (secondary N) is 1. The first-order valence-corrected chi connectivity index (χ1v) is 7.92. The minimum Gasteiger partial charge on any atom is -0.479 e. The number of aliphatic carboxylic acids is 1. The van der Waals surface area contributed by atoms with E-state index in [1.54, 1.807) is 0 Å². The van der Waals surface area contributed by atoms with Gasteiger partial charge in [0.05, 0.1) is 24.6 Å². The van der Waals surface area contributed by atoms with Crippen LogP contribution in [0.1, 0.15) is 26.7 Å². The second-order valence-electron chi connectivity index (χ2n) is 4.75. The molecule has 2 N–H and O–H groups in total. The third-order valence-corrected chi connectivity index (χ3v) is 4.03. The van der Waals surface area contributed by atoms with E-state index in [-0.39, 0.29) is 31.1 Å². The first kappa shape index (κ1) is 16.4. The molecule has 1 rings (SSSR count). The van der Waals surface area contributed by atoms with Gasteiger partial charge in [-0.25, -0.2) is 17.9 Å². The Morgan fingerprint density at radius 2 is 2.16 bits per heavy atom. The van der Waals surface area contributed by atoms with Crippen LogP contribution in [0.15, 0.2) is 0 Å². The zero-order valence-corrected chi connectivity index (χ0v) is 12.0. The summed E-state index contributed by atoms with van der Waals surface area (Å²) in [7, 11) is -3.40. The highest BCUT2D eigenvalue weighted by molar-refractivity contribution is 7.89. The van der Waals surface area contributed by atoms with E-state index in [1.165, 1.54) is 0 Å². The van der Waals surface area contributed by atoms with E-state index in [0.717, 1.165) is 0 Å². The van der Waals surface area contributed by atoms with Crippen LogP contribution in [0.3, 0.4) is 0 Å². The summed E-state index contributed by atoms with van der Waals surface area (Å²) in [6.07, 6.45) is -0.245. The van der Waals surface area contributed by atoms with Crippen molar-refractivity contribution in [2.75, 3.05) is 18.9 Å². The van der Waals surface area contributed by atoms with Crippen molar-refractivity contribution in [1.82, 2.24) is 4.72 Å². The lowest BCUT2D eigenvalue weighted by molar-refractivity contribution is -0.149. The molecule has 1 aliphatic rings. The average molecular weight is 295 g/mol. The SMILES string of the molecule is CC(C)OCCS(=O)(=O)NCC1CCC(C(=O)O)O1. The van der Waals surface area contributed by atoms with Gasteiger partial charge in [0.1, 0.15) is 0 Å². The van der Waals surface area contributed by atoms with E-state index < -0.39 is 22.1 Å². The Bertz CT molecular complexity index is 394. The first-order valence-electron chi connectivity index (χ1n) is 6.27. The van der Waals surface area contributed by atoms with Crippen molar-refractivity contribution in [2.24, 2.45) is 0 Å². The summed E-state index contributed by atoms with van der Waals surface area (Å²) in [6, 6.07) is 0. The van der Waals surface area contributed by atoms with Crippen LogP contribution in [-0.2, 0) is 24.3 Å². The maximum Gasteiger partial charge on any atom is 0.332 e. The molecular formula is C11H21NO6S. The highest BCUT2D eigenvalue weighted by Gasteiger charge is 2.30. The lowest BCUT2D eigenvalue weighted by Gasteiger charge is -2.13. The van der Waals surface area contributed by atoms with E-state index >= 15 is 0 Å². The summed E-state index contributed by atoms with van der Waals surface area (Å²) in [6.45, 7) is 3.90. The highest BCUT2D eigenvalue weighted by Crippen LogP contribution is 2.19. The minimum absolute atomic E-state index is 0.00955. The Morgan fingerprint density at radius 3 is 2.68 bits per heavy atom. The van der Waals surface area contributed by atoms with Gasteiger partial charge in [0.25, 0.3) is 0 Å². The molecule has 1 fully saturated rings. The molecule has 112 valence electrons.